The van der Waals surface area contributed by atoms with Gasteiger partial charge in [-0.15, -0.1) is 0 Å². The van der Waals surface area contributed by atoms with Crippen LogP contribution in [0.15, 0.2) is 65.6 Å². The van der Waals surface area contributed by atoms with Gasteiger partial charge in [-0.05, 0) is 12.1 Å². The third-order valence-corrected chi connectivity index (χ3v) is 4.41. The standard InChI is InChI=1S/C21H20N2O3/c1-23-14-17-16-7-3-5-9-19(16)26-18-8-4-2-6-15(18)13-22-10-11-25-20(17)12-21(23)24/h2-9,12,14,22H,10-11,13H2,1H3. The van der Waals surface area contributed by atoms with Crippen molar-refractivity contribution in [1.29, 1.82) is 0 Å². The fourth-order valence-electron chi connectivity index (χ4n) is 3.04. The summed E-state index contributed by atoms with van der Waals surface area (Å²) in [4.78, 5) is 12.1. The van der Waals surface area contributed by atoms with E-state index in [4.69, 9.17) is 9.47 Å². The molecule has 0 amide bonds. The van der Waals surface area contributed by atoms with Gasteiger partial charge in [0, 0.05) is 49.1 Å². The summed E-state index contributed by atoms with van der Waals surface area (Å²) in [5.41, 5.74) is 2.71. The lowest BCUT2D eigenvalue weighted by molar-refractivity contribution is 0.313. The zero-order chi connectivity index (χ0) is 17.9. The molecule has 0 bridgehead atoms. The average molecular weight is 348 g/mol. The first-order chi connectivity index (χ1) is 12.7. The number of aryl methyl sites for hydroxylation is 1. The molecule has 0 atom stereocenters. The van der Waals surface area contributed by atoms with Gasteiger partial charge in [0.25, 0.3) is 5.56 Å². The van der Waals surface area contributed by atoms with Crippen LogP contribution in [0.2, 0.25) is 0 Å². The summed E-state index contributed by atoms with van der Waals surface area (Å²) in [6.45, 7) is 1.83. The molecule has 132 valence electrons. The number of ether oxygens (including phenoxy) is 2. The second-order valence-electron chi connectivity index (χ2n) is 6.23. The van der Waals surface area contributed by atoms with Crippen molar-refractivity contribution in [2.75, 3.05) is 13.2 Å². The van der Waals surface area contributed by atoms with E-state index in [1.807, 2.05) is 42.5 Å². The second-order valence-corrected chi connectivity index (χ2v) is 6.23. The Labute approximate surface area is 151 Å². The summed E-state index contributed by atoms with van der Waals surface area (Å²) >= 11 is 0. The highest BCUT2D eigenvalue weighted by Crippen LogP contribution is 2.38. The summed E-state index contributed by atoms with van der Waals surface area (Å²) in [5, 5.41) is 3.35. The van der Waals surface area contributed by atoms with Crippen LogP contribution in [0, 0.1) is 0 Å². The van der Waals surface area contributed by atoms with Crippen LogP contribution < -0.4 is 20.3 Å². The van der Waals surface area contributed by atoms with E-state index < -0.39 is 0 Å². The van der Waals surface area contributed by atoms with Gasteiger partial charge in [-0.25, -0.2) is 0 Å². The Bertz CT molecular complexity index is 995. The average Bonchev–Trinajstić information content (AvgIpc) is 2.65. The van der Waals surface area contributed by atoms with Crippen LogP contribution >= 0.6 is 0 Å². The number of benzene rings is 2. The van der Waals surface area contributed by atoms with Crippen LogP contribution in [-0.2, 0) is 13.6 Å². The molecular weight excluding hydrogens is 328 g/mol. The maximum atomic E-state index is 12.1. The zero-order valence-corrected chi connectivity index (χ0v) is 14.6. The van der Waals surface area contributed by atoms with E-state index in [-0.39, 0.29) is 5.56 Å². The number of para-hydroxylation sites is 2. The van der Waals surface area contributed by atoms with Gasteiger partial charge in [-0.3, -0.25) is 4.79 Å². The summed E-state index contributed by atoms with van der Waals surface area (Å²) in [7, 11) is 1.74. The molecule has 3 aromatic rings. The normalized spacial score (nSPS) is 13.7. The van der Waals surface area contributed by atoms with Gasteiger partial charge in [0.2, 0.25) is 0 Å². The Kier molecular flexibility index (Phi) is 4.46. The fraction of sp³-hybridized carbons (Fsp3) is 0.190. The predicted octanol–water partition coefficient (Wildman–Crippen LogP) is 3.33. The monoisotopic (exact) mass is 348 g/mol. The lowest BCUT2D eigenvalue weighted by Gasteiger charge is -2.19. The highest BCUT2D eigenvalue weighted by molar-refractivity contribution is 5.75. The third-order valence-electron chi connectivity index (χ3n) is 4.41. The summed E-state index contributed by atoms with van der Waals surface area (Å²) in [5.74, 6) is 2.11. The van der Waals surface area contributed by atoms with Gasteiger partial charge in [0.1, 0.15) is 23.9 Å². The van der Waals surface area contributed by atoms with Gasteiger partial charge in [0.05, 0.1) is 0 Å². The first-order valence-electron chi connectivity index (χ1n) is 8.62. The predicted molar refractivity (Wildman–Crippen MR) is 101 cm³/mol. The van der Waals surface area contributed by atoms with Crippen LogP contribution in [0.1, 0.15) is 5.56 Å². The first-order valence-corrected chi connectivity index (χ1v) is 8.62. The van der Waals surface area contributed by atoms with Gasteiger partial charge < -0.3 is 19.4 Å². The zero-order valence-electron chi connectivity index (χ0n) is 14.6. The molecule has 1 aliphatic heterocycles. The van der Waals surface area contributed by atoms with Gasteiger partial charge in [0.15, 0.2) is 0 Å². The van der Waals surface area contributed by atoms with Crippen molar-refractivity contribution < 1.29 is 9.47 Å². The van der Waals surface area contributed by atoms with Crippen molar-refractivity contribution >= 4 is 0 Å². The number of nitrogens with zero attached hydrogens (tertiary/aromatic N) is 1. The van der Waals surface area contributed by atoms with E-state index in [1.54, 1.807) is 17.8 Å². The largest absolute Gasteiger partial charge is 0.491 e. The fourth-order valence-corrected chi connectivity index (χ4v) is 3.04. The molecular formula is C21H20N2O3. The van der Waals surface area contributed by atoms with E-state index >= 15 is 0 Å². The Morgan fingerprint density at radius 2 is 1.73 bits per heavy atom. The van der Waals surface area contributed by atoms with Crippen molar-refractivity contribution in [2.45, 2.75) is 6.54 Å². The van der Waals surface area contributed by atoms with E-state index in [0.717, 1.165) is 28.2 Å². The van der Waals surface area contributed by atoms with Crippen molar-refractivity contribution in [2.24, 2.45) is 7.05 Å². The number of fused-ring (bicyclic) bond motifs is 4. The molecule has 1 N–H and O–H groups in total. The number of hydrogen-bond donors (Lipinski definition) is 1. The topological polar surface area (TPSA) is 52.5 Å². The molecule has 2 heterocycles. The molecule has 0 unspecified atom stereocenters. The van der Waals surface area contributed by atoms with E-state index in [2.05, 4.69) is 11.4 Å². The molecule has 0 radical (unpaired) electrons. The second kappa shape index (κ2) is 7.06. The molecule has 2 aromatic carbocycles. The molecule has 4 rings (SSSR count). The minimum absolute atomic E-state index is 0.104. The van der Waals surface area contributed by atoms with Crippen LogP contribution in [0.4, 0.5) is 0 Å². The van der Waals surface area contributed by atoms with Crippen molar-refractivity contribution in [1.82, 2.24) is 9.88 Å². The lowest BCUT2D eigenvalue weighted by Crippen LogP contribution is -2.22. The van der Waals surface area contributed by atoms with Gasteiger partial charge in [-0.1, -0.05) is 36.4 Å². The maximum Gasteiger partial charge on any atom is 0.254 e. The van der Waals surface area contributed by atoms with Crippen LogP contribution in [0.25, 0.3) is 11.1 Å². The molecule has 0 saturated carbocycles. The summed E-state index contributed by atoms with van der Waals surface area (Å²) < 4.78 is 13.7. The Morgan fingerprint density at radius 3 is 2.62 bits per heavy atom. The Hall–Kier alpha value is -3.05. The summed E-state index contributed by atoms with van der Waals surface area (Å²) in [6, 6.07) is 17.3. The minimum Gasteiger partial charge on any atom is -0.491 e. The number of aromatic nitrogens is 1. The highest BCUT2D eigenvalue weighted by Gasteiger charge is 2.16. The van der Waals surface area contributed by atoms with Gasteiger partial charge in [-0.2, -0.15) is 0 Å². The number of nitrogens with one attached hydrogen (secondary N) is 1. The molecule has 0 fully saturated rings. The minimum atomic E-state index is -0.104. The van der Waals surface area contributed by atoms with Crippen LogP contribution in [0.5, 0.6) is 17.2 Å². The molecule has 5 heteroatoms. The van der Waals surface area contributed by atoms with Gasteiger partial charge >= 0.3 is 0 Å². The number of pyridine rings is 1. The van der Waals surface area contributed by atoms with Crippen LogP contribution in [0.3, 0.4) is 0 Å². The maximum absolute atomic E-state index is 12.1. The van der Waals surface area contributed by atoms with Crippen molar-refractivity contribution in [3.8, 4) is 28.4 Å². The van der Waals surface area contributed by atoms with Crippen molar-refractivity contribution in [3.63, 3.8) is 0 Å². The molecule has 0 aliphatic carbocycles. The Balaban J connectivity index is 1.90. The molecule has 5 nitrogen and oxygen atoms in total. The SMILES string of the molecule is Cn1cc2c(cc1=O)OCCNCc1ccccc1Oc1ccccc1-2. The van der Waals surface area contributed by atoms with Crippen molar-refractivity contribution in [3.05, 3.63) is 76.7 Å². The number of hydrogen-bond acceptors (Lipinski definition) is 4. The molecule has 26 heavy (non-hydrogen) atoms. The van der Waals surface area contributed by atoms with E-state index in [0.29, 0.717) is 25.4 Å². The van der Waals surface area contributed by atoms with Crippen LogP contribution in [-0.4, -0.2) is 17.7 Å². The lowest BCUT2D eigenvalue weighted by atomic mass is 10.1. The third kappa shape index (κ3) is 3.21. The summed E-state index contributed by atoms with van der Waals surface area (Å²) in [6.07, 6.45) is 1.80. The smallest absolute Gasteiger partial charge is 0.254 e. The first kappa shape index (κ1) is 16.4. The molecule has 1 aliphatic rings. The molecule has 0 spiro atoms. The van der Waals surface area contributed by atoms with E-state index in [1.165, 1.54) is 6.07 Å². The highest BCUT2D eigenvalue weighted by atomic mass is 16.5. The van der Waals surface area contributed by atoms with E-state index in [9.17, 15) is 4.79 Å². The Morgan fingerprint density at radius 1 is 0.962 bits per heavy atom. The quantitative estimate of drug-likeness (QED) is 0.677. The molecule has 1 aromatic heterocycles. The number of rotatable bonds is 0. The molecule has 0 saturated heterocycles.